The van der Waals surface area contributed by atoms with E-state index in [1.807, 2.05) is 18.2 Å². The third kappa shape index (κ3) is 4.10. The van der Waals surface area contributed by atoms with Gasteiger partial charge in [-0.3, -0.25) is 9.69 Å². The van der Waals surface area contributed by atoms with Gasteiger partial charge in [-0.1, -0.05) is 0 Å². The van der Waals surface area contributed by atoms with Crippen molar-refractivity contribution in [3.8, 4) is 18.2 Å². The molecule has 1 amide bonds. The number of nitriles is 3. The van der Waals surface area contributed by atoms with Crippen LogP contribution in [0.2, 0.25) is 0 Å². The molecule has 6 nitrogen and oxygen atoms in total. The number of anilines is 1. The molecule has 1 rings (SSSR count). The normalized spacial score (nSPS) is 10.9. The molecule has 1 atom stereocenters. The van der Waals surface area contributed by atoms with Crippen molar-refractivity contribution in [2.45, 2.75) is 13.0 Å². The number of hydrogen-bond acceptors (Lipinski definition) is 5. The standard InChI is InChI=1S/C14H13N5O/c1-11(19(8-6-15)9-7-16)14(20)18-13-4-2-12(10-17)3-5-13/h2-5,11H,8-9H2,1H3,(H,18,20). The van der Waals surface area contributed by atoms with Gasteiger partial charge in [0.25, 0.3) is 0 Å². The van der Waals surface area contributed by atoms with Crippen LogP contribution in [0.25, 0.3) is 0 Å². The zero-order chi connectivity index (χ0) is 15.0. The van der Waals surface area contributed by atoms with Crippen LogP contribution >= 0.6 is 0 Å². The Labute approximate surface area is 117 Å². The quantitative estimate of drug-likeness (QED) is 0.808. The summed E-state index contributed by atoms with van der Waals surface area (Å²) in [5, 5.41) is 28.7. The monoisotopic (exact) mass is 267 g/mol. The highest BCUT2D eigenvalue weighted by molar-refractivity contribution is 5.94. The Hall–Kier alpha value is -2.88. The third-order valence-electron chi connectivity index (χ3n) is 2.76. The molecule has 0 fully saturated rings. The van der Waals surface area contributed by atoms with Gasteiger partial charge in [-0.25, -0.2) is 0 Å². The van der Waals surface area contributed by atoms with Crippen LogP contribution in [0.4, 0.5) is 5.69 Å². The van der Waals surface area contributed by atoms with Gasteiger partial charge in [0, 0.05) is 5.69 Å². The predicted molar refractivity (Wildman–Crippen MR) is 72.0 cm³/mol. The summed E-state index contributed by atoms with van der Waals surface area (Å²) >= 11 is 0. The molecule has 1 aromatic carbocycles. The topological polar surface area (TPSA) is 104 Å². The first-order valence-electron chi connectivity index (χ1n) is 5.91. The molecule has 100 valence electrons. The Kier molecular flexibility index (Phi) is 5.72. The van der Waals surface area contributed by atoms with Crippen molar-refractivity contribution < 1.29 is 4.79 Å². The van der Waals surface area contributed by atoms with Gasteiger partial charge in [-0.05, 0) is 31.2 Å². The second-order valence-corrected chi connectivity index (χ2v) is 4.08. The maximum atomic E-state index is 12.0. The molecule has 1 unspecified atom stereocenters. The van der Waals surface area contributed by atoms with Gasteiger partial charge in [0.1, 0.15) is 0 Å². The van der Waals surface area contributed by atoms with E-state index in [1.165, 1.54) is 4.90 Å². The molecular formula is C14H13N5O. The highest BCUT2D eigenvalue weighted by Gasteiger charge is 2.20. The Bertz CT molecular complexity index is 572. The highest BCUT2D eigenvalue weighted by atomic mass is 16.2. The van der Waals surface area contributed by atoms with E-state index in [9.17, 15) is 4.79 Å². The highest BCUT2D eigenvalue weighted by Crippen LogP contribution is 2.10. The Morgan fingerprint density at radius 2 is 1.75 bits per heavy atom. The maximum Gasteiger partial charge on any atom is 0.241 e. The predicted octanol–water partition coefficient (Wildman–Crippen LogP) is 1.23. The molecule has 0 radical (unpaired) electrons. The number of carbonyl (C=O) groups is 1. The van der Waals surface area contributed by atoms with Gasteiger partial charge in [-0.2, -0.15) is 15.8 Å². The average Bonchev–Trinajstić information content (AvgIpc) is 2.47. The molecule has 0 spiro atoms. The minimum atomic E-state index is -0.593. The van der Waals surface area contributed by atoms with Crippen LogP contribution in [-0.4, -0.2) is 29.9 Å². The molecule has 1 N–H and O–H groups in total. The molecule has 0 aliphatic rings. The molecule has 0 saturated heterocycles. The van der Waals surface area contributed by atoms with Gasteiger partial charge in [0.15, 0.2) is 0 Å². The zero-order valence-corrected chi connectivity index (χ0v) is 11.0. The number of benzene rings is 1. The smallest absolute Gasteiger partial charge is 0.241 e. The van der Waals surface area contributed by atoms with E-state index in [1.54, 1.807) is 31.2 Å². The molecule has 6 heteroatoms. The zero-order valence-electron chi connectivity index (χ0n) is 11.0. The molecule has 1 aromatic rings. The second-order valence-electron chi connectivity index (χ2n) is 4.08. The van der Waals surface area contributed by atoms with E-state index < -0.39 is 6.04 Å². The van der Waals surface area contributed by atoms with Crippen LogP contribution in [0.3, 0.4) is 0 Å². The van der Waals surface area contributed by atoms with Crippen LogP contribution < -0.4 is 5.32 Å². The van der Waals surface area contributed by atoms with E-state index in [4.69, 9.17) is 15.8 Å². The molecule has 0 bridgehead atoms. The fourth-order valence-electron chi connectivity index (χ4n) is 1.55. The Morgan fingerprint density at radius 3 is 2.20 bits per heavy atom. The number of amides is 1. The molecule has 20 heavy (non-hydrogen) atoms. The van der Waals surface area contributed by atoms with Gasteiger partial charge in [0.2, 0.25) is 5.91 Å². The largest absolute Gasteiger partial charge is 0.325 e. The summed E-state index contributed by atoms with van der Waals surface area (Å²) in [6.07, 6.45) is 0. The van der Waals surface area contributed by atoms with Crippen LogP contribution in [-0.2, 0) is 4.79 Å². The van der Waals surface area contributed by atoms with Gasteiger partial charge >= 0.3 is 0 Å². The fourth-order valence-corrected chi connectivity index (χ4v) is 1.55. The minimum absolute atomic E-state index is 0.00944. The lowest BCUT2D eigenvalue weighted by Crippen LogP contribution is -2.42. The van der Waals surface area contributed by atoms with Crippen molar-refractivity contribution in [2.75, 3.05) is 18.4 Å². The first kappa shape index (κ1) is 15.2. The van der Waals surface area contributed by atoms with Gasteiger partial charge < -0.3 is 5.32 Å². The van der Waals surface area contributed by atoms with Crippen molar-refractivity contribution in [1.29, 1.82) is 15.8 Å². The first-order valence-corrected chi connectivity index (χ1v) is 5.91. The summed E-state index contributed by atoms with van der Waals surface area (Å²) in [7, 11) is 0. The van der Waals surface area contributed by atoms with E-state index in [-0.39, 0.29) is 19.0 Å². The first-order chi connectivity index (χ1) is 9.62. The van der Waals surface area contributed by atoms with Crippen LogP contribution in [0.1, 0.15) is 12.5 Å². The lowest BCUT2D eigenvalue weighted by Gasteiger charge is -2.22. The summed E-state index contributed by atoms with van der Waals surface area (Å²) in [5.41, 5.74) is 1.07. The SMILES string of the molecule is CC(C(=O)Nc1ccc(C#N)cc1)N(CC#N)CC#N. The van der Waals surface area contributed by atoms with E-state index in [0.717, 1.165) is 0 Å². The van der Waals surface area contributed by atoms with Crippen molar-refractivity contribution >= 4 is 11.6 Å². The lowest BCUT2D eigenvalue weighted by molar-refractivity contribution is -0.120. The van der Waals surface area contributed by atoms with Crippen molar-refractivity contribution in [3.63, 3.8) is 0 Å². The van der Waals surface area contributed by atoms with Crippen LogP contribution in [0.15, 0.2) is 24.3 Å². The Morgan fingerprint density at radius 1 is 1.20 bits per heavy atom. The molecule has 0 saturated carbocycles. The number of rotatable bonds is 5. The third-order valence-corrected chi connectivity index (χ3v) is 2.76. The molecular weight excluding hydrogens is 254 g/mol. The summed E-state index contributed by atoms with van der Waals surface area (Å²) in [5.74, 6) is -0.305. The van der Waals surface area contributed by atoms with Gasteiger partial charge in [0.05, 0.1) is 42.9 Å². The van der Waals surface area contributed by atoms with Crippen molar-refractivity contribution in [1.82, 2.24) is 4.90 Å². The number of nitrogens with one attached hydrogen (secondary N) is 1. The number of carbonyl (C=O) groups excluding carboxylic acids is 1. The number of nitrogens with zero attached hydrogens (tertiary/aromatic N) is 4. The average molecular weight is 267 g/mol. The van der Waals surface area contributed by atoms with Crippen LogP contribution in [0, 0.1) is 34.0 Å². The fraction of sp³-hybridized carbons (Fsp3) is 0.286. The molecule has 0 heterocycles. The summed E-state index contributed by atoms with van der Waals surface area (Å²) in [6.45, 7) is 1.65. The molecule has 0 aromatic heterocycles. The maximum absolute atomic E-state index is 12.0. The molecule has 0 aliphatic heterocycles. The summed E-state index contributed by atoms with van der Waals surface area (Å²) in [4.78, 5) is 13.5. The summed E-state index contributed by atoms with van der Waals surface area (Å²) in [6, 6.07) is 11.7. The van der Waals surface area contributed by atoms with E-state index in [2.05, 4.69) is 5.32 Å². The van der Waals surface area contributed by atoms with Crippen molar-refractivity contribution in [2.24, 2.45) is 0 Å². The molecule has 0 aliphatic carbocycles. The van der Waals surface area contributed by atoms with E-state index >= 15 is 0 Å². The second kappa shape index (κ2) is 7.53. The van der Waals surface area contributed by atoms with Crippen LogP contribution in [0.5, 0.6) is 0 Å². The van der Waals surface area contributed by atoms with Crippen molar-refractivity contribution in [3.05, 3.63) is 29.8 Å². The van der Waals surface area contributed by atoms with E-state index in [0.29, 0.717) is 11.3 Å². The Balaban J connectivity index is 2.71. The minimum Gasteiger partial charge on any atom is -0.325 e. The lowest BCUT2D eigenvalue weighted by atomic mass is 10.2. The van der Waals surface area contributed by atoms with Gasteiger partial charge in [-0.15, -0.1) is 0 Å². The number of hydrogen-bond donors (Lipinski definition) is 1. The summed E-state index contributed by atoms with van der Waals surface area (Å²) < 4.78 is 0.